The lowest BCUT2D eigenvalue weighted by molar-refractivity contribution is 0.0217. The average molecular weight is 481 g/mol. The van der Waals surface area contributed by atoms with Crippen molar-refractivity contribution in [2.45, 2.75) is 104 Å². The number of unbranched alkanes of at least 4 members (excludes halogenated alkanes) is 3. The van der Waals surface area contributed by atoms with Crippen molar-refractivity contribution in [3.05, 3.63) is 0 Å². The summed E-state index contributed by atoms with van der Waals surface area (Å²) in [5, 5.41) is 66.3. The van der Waals surface area contributed by atoms with Gasteiger partial charge in [0.2, 0.25) is 0 Å². The molecule has 0 bridgehead atoms. The summed E-state index contributed by atoms with van der Waals surface area (Å²) in [7, 11) is 0. The van der Waals surface area contributed by atoms with Gasteiger partial charge in [-0.2, -0.15) is 0 Å². The molecule has 0 rings (SSSR count). The van der Waals surface area contributed by atoms with Crippen LogP contribution in [0.25, 0.3) is 0 Å². The van der Waals surface area contributed by atoms with Gasteiger partial charge in [0.15, 0.2) is 0 Å². The van der Waals surface area contributed by atoms with Crippen molar-refractivity contribution < 1.29 is 35.7 Å². The predicted octanol–water partition coefficient (Wildman–Crippen LogP) is 3.01. The molecule has 1 atom stereocenters. The maximum atomic E-state index is 9.53. The summed E-state index contributed by atoms with van der Waals surface area (Å²) >= 11 is 0. The van der Waals surface area contributed by atoms with Crippen LogP contribution in [-0.2, 0) is 0 Å². The molecule has 0 amide bonds. The second-order valence-electron chi connectivity index (χ2n) is 9.51. The van der Waals surface area contributed by atoms with Gasteiger partial charge in [0, 0.05) is 46.2 Å². The van der Waals surface area contributed by atoms with Gasteiger partial charge in [-0.3, -0.25) is 0 Å². The van der Waals surface area contributed by atoms with Crippen molar-refractivity contribution in [2.24, 2.45) is 16.7 Å². The highest BCUT2D eigenvalue weighted by atomic mass is 16.3. The molecule has 7 heteroatoms. The van der Waals surface area contributed by atoms with Gasteiger partial charge in [0.1, 0.15) is 0 Å². The van der Waals surface area contributed by atoms with Crippen molar-refractivity contribution in [2.75, 3.05) is 46.2 Å². The van der Waals surface area contributed by atoms with Gasteiger partial charge in [0.05, 0.1) is 0 Å². The molecule has 0 radical (unpaired) electrons. The average Bonchev–Trinajstić information content (AvgIpc) is 2.78. The second kappa shape index (κ2) is 23.5. The smallest absolute Gasteiger partial charge is 0.0436 e. The highest BCUT2D eigenvalue weighted by Gasteiger charge is 2.37. The molecule has 0 aliphatic heterocycles. The number of rotatable bonds is 22. The Morgan fingerprint density at radius 1 is 0.455 bits per heavy atom. The van der Waals surface area contributed by atoms with Gasteiger partial charge < -0.3 is 35.7 Å². The molecular formula is C26H56O7. The van der Waals surface area contributed by atoms with Crippen LogP contribution in [0.1, 0.15) is 104 Å². The fourth-order valence-electron chi connectivity index (χ4n) is 5.25. The SMILES string of the molecule is CCCCCC.OCCC(CCCC(CCO)(CCO)CCO)C(CCO)(CCO)CCO. The summed E-state index contributed by atoms with van der Waals surface area (Å²) in [6, 6.07) is 0. The number of hydrogen-bond donors (Lipinski definition) is 7. The van der Waals surface area contributed by atoms with Gasteiger partial charge in [-0.1, -0.05) is 46.0 Å². The highest BCUT2D eigenvalue weighted by molar-refractivity contribution is 4.88. The van der Waals surface area contributed by atoms with Gasteiger partial charge in [-0.05, 0) is 74.5 Å². The van der Waals surface area contributed by atoms with Crippen LogP contribution in [0.5, 0.6) is 0 Å². The third kappa shape index (κ3) is 15.4. The van der Waals surface area contributed by atoms with E-state index in [9.17, 15) is 35.7 Å². The summed E-state index contributed by atoms with van der Waals surface area (Å²) in [6.45, 7) is 4.37. The van der Waals surface area contributed by atoms with E-state index in [1.54, 1.807) is 0 Å². The van der Waals surface area contributed by atoms with Crippen molar-refractivity contribution >= 4 is 0 Å². The molecule has 7 nitrogen and oxygen atoms in total. The first-order chi connectivity index (χ1) is 15.9. The first kappa shape index (κ1) is 34.9. The third-order valence-corrected chi connectivity index (χ3v) is 7.32. The normalized spacial score (nSPS) is 13.0. The summed E-state index contributed by atoms with van der Waals surface area (Å²) in [6.07, 6.45) is 11.3. The first-order valence-electron chi connectivity index (χ1n) is 13.2. The third-order valence-electron chi connectivity index (χ3n) is 7.32. The van der Waals surface area contributed by atoms with Crippen LogP contribution in [0.2, 0.25) is 0 Å². The molecule has 1 unspecified atom stereocenters. The Balaban J connectivity index is 0. The van der Waals surface area contributed by atoms with E-state index in [4.69, 9.17) is 0 Å². The van der Waals surface area contributed by atoms with Gasteiger partial charge in [-0.25, -0.2) is 0 Å². The summed E-state index contributed by atoms with van der Waals surface area (Å²) in [5.74, 6) is 0.0454. The zero-order valence-corrected chi connectivity index (χ0v) is 21.6. The second-order valence-corrected chi connectivity index (χ2v) is 9.51. The monoisotopic (exact) mass is 480 g/mol. The Labute approximate surface area is 202 Å². The first-order valence-corrected chi connectivity index (χ1v) is 13.2. The predicted molar refractivity (Wildman–Crippen MR) is 134 cm³/mol. The molecule has 0 saturated heterocycles. The van der Waals surface area contributed by atoms with Crippen molar-refractivity contribution in [3.63, 3.8) is 0 Å². The Kier molecular flexibility index (Phi) is 24.8. The molecule has 0 saturated carbocycles. The van der Waals surface area contributed by atoms with E-state index >= 15 is 0 Å². The molecular weight excluding hydrogens is 424 g/mol. The molecule has 0 aromatic rings. The number of aliphatic hydroxyl groups excluding tert-OH is 7. The fraction of sp³-hybridized carbons (Fsp3) is 1.00. The zero-order valence-electron chi connectivity index (χ0n) is 21.6. The zero-order chi connectivity index (χ0) is 25.4. The highest BCUT2D eigenvalue weighted by Crippen LogP contribution is 2.45. The minimum atomic E-state index is -0.422. The molecule has 0 aliphatic rings. The van der Waals surface area contributed by atoms with Crippen LogP contribution in [0, 0.1) is 16.7 Å². The molecule has 7 N–H and O–H groups in total. The van der Waals surface area contributed by atoms with E-state index in [-0.39, 0.29) is 57.6 Å². The van der Waals surface area contributed by atoms with Crippen LogP contribution in [0.15, 0.2) is 0 Å². The summed E-state index contributed by atoms with van der Waals surface area (Å²) in [5.41, 5.74) is -0.732. The lowest BCUT2D eigenvalue weighted by atomic mass is 9.65. The van der Waals surface area contributed by atoms with Crippen molar-refractivity contribution in [1.29, 1.82) is 0 Å². The Morgan fingerprint density at radius 3 is 1.15 bits per heavy atom. The molecule has 202 valence electrons. The largest absolute Gasteiger partial charge is 0.396 e. The molecule has 33 heavy (non-hydrogen) atoms. The number of aliphatic hydroxyl groups is 7. The van der Waals surface area contributed by atoms with Crippen LogP contribution in [0.3, 0.4) is 0 Å². The van der Waals surface area contributed by atoms with E-state index in [1.807, 2.05) is 0 Å². The van der Waals surface area contributed by atoms with E-state index in [0.29, 0.717) is 44.9 Å². The lowest BCUT2D eigenvalue weighted by Gasteiger charge is -2.41. The van der Waals surface area contributed by atoms with Crippen LogP contribution >= 0.6 is 0 Å². The molecule has 0 aromatic heterocycles. The maximum Gasteiger partial charge on any atom is 0.0436 e. The molecule has 0 fully saturated rings. The minimum absolute atomic E-state index is 0.00352. The van der Waals surface area contributed by atoms with E-state index in [2.05, 4.69) is 13.8 Å². The standard InChI is InChI=1S/C20H42O7.C6H14/c21-11-3-18(20(8-15-25,9-16-26)10-17-27)2-1-4-19(5-12-22,6-13-23)7-14-24;1-3-5-6-4-2/h18,21-27H,1-17H2;3-6H2,1-2H3. The van der Waals surface area contributed by atoms with Crippen molar-refractivity contribution in [3.8, 4) is 0 Å². The van der Waals surface area contributed by atoms with E-state index < -0.39 is 5.41 Å². The fourth-order valence-corrected chi connectivity index (χ4v) is 5.25. The Bertz CT molecular complexity index is 355. The lowest BCUT2D eigenvalue weighted by Crippen LogP contribution is -2.35. The Morgan fingerprint density at radius 2 is 0.848 bits per heavy atom. The summed E-state index contributed by atoms with van der Waals surface area (Å²) in [4.78, 5) is 0. The molecule has 0 spiro atoms. The maximum absolute atomic E-state index is 9.53. The molecule has 0 aliphatic carbocycles. The quantitative estimate of drug-likeness (QED) is 0.118. The molecule has 0 heterocycles. The van der Waals surface area contributed by atoms with Crippen LogP contribution in [-0.4, -0.2) is 82.0 Å². The molecule has 0 aromatic carbocycles. The Hall–Kier alpha value is -0.280. The summed E-state index contributed by atoms with van der Waals surface area (Å²) < 4.78 is 0. The van der Waals surface area contributed by atoms with Crippen LogP contribution < -0.4 is 0 Å². The van der Waals surface area contributed by atoms with Crippen LogP contribution in [0.4, 0.5) is 0 Å². The van der Waals surface area contributed by atoms with E-state index in [1.165, 1.54) is 25.7 Å². The van der Waals surface area contributed by atoms with E-state index in [0.717, 1.165) is 19.3 Å². The topological polar surface area (TPSA) is 142 Å². The van der Waals surface area contributed by atoms with Gasteiger partial charge in [0.25, 0.3) is 0 Å². The van der Waals surface area contributed by atoms with Crippen molar-refractivity contribution in [1.82, 2.24) is 0 Å². The minimum Gasteiger partial charge on any atom is -0.396 e. The van der Waals surface area contributed by atoms with Gasteiger partial charge >= 0.3 is 0 Å². The number of hydrogen-bond acceptors (Lipinski definition) is 7. The van der Waals surface area contributed by atoms with Gasteiger partial charge in [-0.15, -0.1) is 0 Å².